The van der Waals surface area contributed by atoms with Gasteiger partial charge in [-0.1, -0.05) is 25.0 Å². The highest BCUT2D eigenvalue weighted by molar-refractivity contribution is 7.92. The van der Waals surface area contributed by atoms with E-state index in [1.54, 1.807) is 12.1 Å². The van der Waals surface area contributed by atoms with Crippen molar-refractivity contribution in [1.29, 1.82) is 0 Å². The first-order chi connectivity index (χ1) is 11.8. The number of carbonyl (C=O) groups is 2. The maximum Gasteiger partial charge on any atom is 0.340 e. The quantitative estimate of drug-likeness (QED) is 0.739. The molecular weight excluding hydrogens is 344 g/mol. The lowest BCUT2D eigenvalue weighted by Crippen LogP contribution is -2.38. The minimum absolute atomic E-state index is 0.0269. The molecule has 0 atom stereocenters. The number of methoxy groups -OCH3 is 1. The largest absolute Gasteiger partial charge is 0.465 e. The Morgan fingerprint density at radius 1 is 1.24 bits per heavy atom. The third kappa shape index (κ3) is 5.19. The minimum atomic E-state index is -3.66. The number of hydrogen-bond donors (Lipinski definition) is 1. The second-order valence-electron chi connectivity index (χ2n) is 6.14. The summed E-state index contributed by atoms with van der Waals surface area (Å²) < 4.78 is 30.2. The molecule has 8 heteroatoms. The molecule has 25 heavy (non-hydrogen) atoms. The summed E-state index contributed by atoms with van der Waals surface area (Å²) in [4.78, 5) is 24.0. The van der Waals surface area contributed by atoms with Crippen LogP contribution in [0.1, 0.15) is 42.5 Å². The molecule has 0 saturated heterocycles. The van der Waals surface area contributed by atoms with Gasteiger partial charge in [-0.2, -0.15) is 0 Å². The predicted octanol–water partition coefficient (Wildman–Crippen LogP) is 1.69. The molecule has 0 unspecified atom stereocenters. The number of esters is 1. The normalized spacial score (nSPS) is 15.0. The fourth-order valence-corrected chi connectivity index (χ4v) is 3.95. The molecule has 0 spiro atoms. The fourth-order valence-electron chi connectivity index (χ4n) is 3.01. The summed E-state index contributed by atoms with van der Waals surface area (Å²) in [5.41, 5.74) is 0.358. The van der Waals surface area contributed by atoms with Gasteiger partial charge in [0.15, 0.2) is 0 Å². The zero-order valence-electron chi connectivity index (χ0n) is 14.5. The Balaban J connectivity index is 2.15. The molecule has 0 aromatic heterocycles. The Kier molecular flexibility index (Phi) is 6.41. The molecule has 1 saturated carbocycles. The number of para-hydroxylation sites is 1. The van der Waals surface area contributed by atoms with Crippen molar-refractivity contribution < 1.29 is 22.7 Å². The highest BCUT2D eigenvalue weighted by Crippen LogP contribution is 2.24. The van der Waals surface area contributed by atoms with E-state index < -0.39 is 16.0 Å². The van der Waals surface area contributed by atoms with Crippen molar-refractivity contribution in [2.24, 2.45) is 0 Å². The van der Waals surface area contributed by atoms with Crippen LogP contribution in [0, 0.1) is 0 Å². The number of hydrogen-bond acceptors (Lipinski definition) is 5. The zero-order chi connectivity index (χ0) is 18.4. The summed E-state index contributed by atoms with van der Waals surface area (Å²) in [6.45, 7) is -0.0363. The van der Waals surface area contributed by atoms with E-state index in [2.05, 4.69) is 5.32 Å². The van der Waals surface area contributed by atoms with Crippen molar-refractivity contribution in [3.63, 3.8) is 0 Å². The van der Waals surface area contributed by atoms with E-state index in [0.29, 0.717) is 0 Å². The summed E-state index contributed by atoms with van der Waals surface area (Å²) in [6.07, 6.45) is 5.22. The fraction of sp³-hybridized carbons (Fsp3) is 0.529. The van der Waals surface area contributed by atoms with Gasteiger partial charge in [0.05, 0.1) is 24.6 Å². The molecule has 0 radical (unpaired) electrons. The number of rotatable bonds is 7. The maximum absolute atomic E-state index is 12.2. The van der Waals surface area contributed by atoms with Crippen LogP contribution in [0.4, 0.5) is 5.69 Å². The van der Waals surface area contributed by atoms with Gasteiger partial charge in [0.25, 0.3) is 0 Å². The summed E-state index contributed by atoms with van der Waals surface area (Å²) in [7, 11) is -2.42. The first-order valence-corrected chi connectivity index (χ1v) is 10.1. The number of anilines is 1. The van der Waals surface area contributed by atoms with Gasteiger partial charge in [0.1, 0.15) is 0 Å². The Labute approximate surface area is 148 Å². The van der Waals surface area contributed by atoms with Crippen molar-refractivity contribution in [2.75, 3.05) is 24.2 Å². The van der Waals surface area contributed by atoms with Crippen LogP contribution in [-0.4, -0.2) is 46.2 Å². The number of nitrogens with one attached hydrogen (secondary N) is 1. The van der Waals surface area contributed by atoms with E-state index in [9.17, 15) is 18.0 Å². The monoisotopic (exact) mass is 368 g/mol. The molecule has 1 aromatic rings. The third-order valence-corrected chi connectivity index (χ3v) is 5.42. The van der Waals surface area contributed by atoms with E-state index in [1.807, 2.05) is 0 Å². The van der Waals surface area contributed by atoms with Gasteiger partial charge in [-0.3, -0.25) is 9.10 Å². The van der Waals surface area contributed by atoms with Crippen molar-refractivity contribution in [1.82, 2.24) is 5.32 Å². The molecule has 0 bridgehead atoms. The standard InChI is InChI=1S/C17H24N2O5S/c1-24-17(21)14-9-5-6-10-15(14)19(25(2,22)23)12-11-16(20)18-13-7-3-4-8-13/h5-6,9-10,13H,3-4,7-8,11-12H2,1-2H3,(H,18,20). The highest BCUT2D eigenvalue weighted by atomic mass is 32.2. The third-order valence-electron chi connectivity index (χ3n) is 4.24. The number of sulfonamides is 1. The van der Waals surface area contributed by atoms with Gasteiger partial charge < -0.3 is 10.1 Å². The molecule has 1 aromatic carbocycles. The average Bonchev–Trinajstić information content (AvgIpc) is 3.06. The lowest BCUT2D eigenvalue weighted by Gasteiger charge is -2.24. The lowest BCUT2D eigenvalue weighted by molar-refractivity contribution is -0.121. The molecule has 1 fully saturated rings. The Hall–Kier alpha value is -2.09. The first-order valence-electron chi connectivity index (χ1n) is 8.27. The molecule has 138 valence electrons. The SMILES string of the molecule is COC(=O)c1ccccc1N(CCC(=O)NC1CCCC1)S(C)(=O)=O. The molecule has 7 nitrogen and oxygen atoms in total. The maximum atomic E-state index is 12.2. The van der Waals surface area contributed by atoms with E-state index in [4.69, 9.17) is 4.74 Å². The number of benzene rings is 1. The molecule has 1 aliphatic carbocycles. The molecule has 0 aliphatic heterocycles. The van der Waals surface area contributed by atoms with Crippen molar-refractivity contribution in [3.05, 3.63) is 29.8 Å². The molecular formula is C17H24N2O5S. The molecule has 0 heterocycles. The van der Waals surface area contributed by atoms with Crippen LogP contribution < -0.4 is 9.62 Å². The van der Waals surface area contributed by atoms with E-state index in [-0.39, 0.29) is 36.2 Å². The number of carbonyl (C=O) groups excluding carboxylic acids is 2. The van der Waals surface area contributed by atoms with Crippen molar-refractivity contribution in [2.45, 2.75) is 38.1 Å². The van der Waals surface area contributed by atoms with Crippen LogP contribution in [0.3, 0.4) is 0 Å². The Morgan fingerprint density at radius 3 is 2.48 bits per heavy atom. The summed E-state index contributed by atoms with van der Waals surface area (Å²) in [5.74, 6) is -0.809. The van der Waals surface area contributed by atoms with Gasteiger partial charge in [-0.25, -0.2) is 13.2 Å². The number of ether oxygens (including phenoxy) is 1. The van der Waals surface area contributed by atoms with Crippen LogP contribution in [0.5, 0.6) is 0 Å². The lowest BCUT2D eigenvalue weighted by atomic mass is 10.1. The van der Waals surface area contributed by atoms with Gasteiger partial charge in [0.2, 0.25) is 15.9 Å². The minimum Gasteiger partial charge on any atom is -0.465 e. The van der Waals surface area contributed by atoms with Crippen molar-refractivity contribution >= 4 is 27.6 Å². The molecule has 2 rings (SSSR count). The van der Waals surface area contributed by atoms with Gasteiger partial charge in [-0.05, 0) is 25.0 Å². The van der Waals surface area contributed by atoms with Crippen LogP contribution in [0.15, 0.2) is 24.3 Å². The zero-order valence-corrected chi connectivity index (χ0v) is 15.3. The molecule has 1 aliphatic rings. The van der Waals surface area contributed by atoms with E-state index in [1.165, 1.54) is 19.2 Å². The first kappa shape index (κ1) is 19.2. The smallest absolute Gasteiger partial charge is 0.340 e. The summed E-state index contributed by atoms with van der Waals surface area (Å²) in [6, 6.07) is 6.48. The van der Waals surface area contributed by atoms with E-state index >= 15 is 0 Å². The average molecular weight is 368 g/mol. The van der Waals surface area contributed by atoms with E-state index in [0.717, 1.165) is 36.2 Å². The van der Waals surface area contributed by atoms with Crippen molar-refractivity contribution in [3.8, 4) is 0 Å². The predicted molar refractivity (Wildman–Crippen MR) is 95.0 cm³/mol. The van der Waals surface area contributed by atoms with Crippen LogP contribution >= 0.6 is 0 Å². The van der Waals surface area contributed by atoms with Crippen LogP contribution in [-0.2, 0) is 19.6 Å². The second-order valence-corrected chi connectivity index (χ2v) is 8.05. The number of nitrogens with zero attached hydrogens (tertiary/aromatic N) is 1. The summed E-state index contributed by atoms with van der Waals surface area (Å²) >= 11 is 0. The number of amides is 1. The van der Waals surface area contributed by atoms with Gasteiger partial charge >= 0.3 is 5.97 Å². The van der Waals surface area contributed by atoms with Gasteiger partial charge in [-0.15, -0.1) is 0 Å². The molecule has 1 N–H and O–H groups in total. The Morgan fingerprint density at radius 2 is 1.88 bits per heavy atom. The molecule has 1 amide bonds. The van der Waals surface area contributed by atoms with Gasteiger partial charge in [0, 0.05) is 19.0 Å². The Bertz CT molecular complexity index is 726. The summed E-state index contributed by atoms with van der Waals surface area (Å²) in [5, 5.41) is 2.93. The second kappa shape index (κ2) is 8.33. The van der Waals surface area contributed by atoms with Crippen LogP contribution in [0.2, 0.25) is 0 Å². The topological polar surface area (TPSA) is 92.8 Å². The van der Waals surface area contributed by atoms with Crippen LogP contribution in [0.25, 0.3) is 0 Å². The highest BCUT2D eigenvalue weighted by Gasteiger charge is 2.25.